The summed E-state index contributed by atoms with van der Waals surface area (Å²) < 4.78 is 5.10. The van der Waals surface area contributed by atoms with E-state index in [2.05, 4.69) is 5.32 Å². The lowest BCUT2D eigenvalue weighted by atomic mass is 10.1. The third kappa shape index (κ3) is 6.37. The van der Waals surface area contributed by atoms with Crippen LogP contribution in [0, 0.1) is 0 Å². The summed E-state index contributed by atoms with van der Waals surface area (Å²) >= 11 is 0. The highest BCUT2D eigenvalue weighted by atomic mass is 16.7. The Bertz CT molecular complexity index is 663. The van der Waals surface area contributed by atoms with Gasteiger partial charge in [0, 0.05) is 12.8 Å². The first-order valence-corrected chi connectivity index (χ1v) is 8.76. The number of carbonyl (C=O) groups excluding carboxylic acids is 4. The number of alkyl carbamates (subject to hydrolysis) is 1. The molecule has 1 aliphatic heterocycles. The zero-order chi connectivity index (χ0) is 19.6. The molecule has 1 atom stereocenters. The highest BCUT2D eigenvalue weighted by molar-refractivity contribution is 6.01. The van der Waals surface area contributed by atoms with Crippen molar-refractivity contribution in [2.75, 3.05) is 6.54 Å². The second kappa shape index (κ2) is 10.3. The number of carbonyl (C=O) groups is 4. The zero-order valence-corrected chi connectivity index (χ0v) is 14.9. The smallest absolute Gasteiger partial charge is 0.408 e. The molecule has 1 heterocycles. The fraction of sp³-hybridized carbons (Fsp3) is 0.444. The van der Waals surface area contributed by atoms with E-state index < -0.39 is 29.9 Å². The summed E-state index contributed by atoms with van der Waals surface area (Å²) in [5.74, 6) is -2.06. The first-order chi connectivity index (χ1) is 13.0. The number of unbranched alkanes of at least 4 members (excludes halogenated alkanes) is 1. The van der Waals surface area contributed by atoms with Crippen molar-refractivity contribution in [1.29, 1.82) is 0 Å². The Morgan fingerprint density at radius 2 is 1.78 bits per heavy atom. The van der Waals surface area contributed by atoms with Crippen LogP contribution in [0.15, 0.2) is 30.3 Å². The van der Waals surface area contributed by atoms with E-state index in [1.807, 2.05) is 18.2 Å². The summed E-state index contributed by atoms with van der Waals surface area (Å²) in [5.41, 5.74) is 6.24. The Labute approximate surface area is 156 Å². The maximum Gasteiger partial charge on any atom is 0.408 e. The summed E-state index contributed by atoms with van der Waals surface area (Å²) in [6, 6.07) is 8.01. The third-order valence-corrected chi connectivity index (χ3v) is 3.92. The van der Waals surface area contributed by atoms with Gasteiger partial charge in [-0.15, -0.1) is 5.06 Å². The number of nitrogens with two attached hydrogens (primary N) is 1. The van der Waals surface area contributed by atoms with Crippen LogP contribution < -0.4 is 11.1 Å². The van der Waals surface area contributed by atoms with Gasteiger partial charge in [-0.05, 0) is 31.4 Å². The normalized spacial score (nSPS) is 14.8. The van der Waals surface area contributed by atoms with Gasteiger partial charge < -0.3 is 20.6 Å². The highest BCUT2D eigenvalue weighted by Gasteiger charge is 2.35. The maximum atomic E-state index is 12.3. The van der Waals surface area contributed by atoms with Gasteiger partial charge >= 0.3 is 12.1 Å². The van der Waals surface area contributed by atoms with Crippen LogP contribution in [0.2, 0.25) is 0 Å². The number of ether oxygens (including phenoxy) is 1. The van der Waals surface area contributed by atoms with E-state index in [4.69, 9.17) is 15.3 Å². The number of hydrogen-bond acceptors (Lipinski definition) is 7. The minimum Gasteiger partial charge on any atom is -0.445 e. The van der Waals surface area contributed by atoms with Gasteiger partial charge in [-0.2, -0.15) is 0 Å². The number of imide groups is 1. The molecule has 9 heteroatoms. The fourth-order valence-corrected chi connectivity index (χ4v) is 2.46. The van der Waals surface area contributed by atoms with Crippen LogP contribution >= 0.6 is 0 Å². The number of nitrogens with one attached hydrogen (secondary N) is 1. The van der Waals surface area contributed by atoms with E-state index in [1.54, 1.807) is 12.1 Å². The Morgan fingerprint density at radius 3 is 2.41 bits per heavy atom. The van der Waals surface area contributed by atoms with Crippen molar-refractivity contribution in [2.24, 2.45) is 5.73 Å². The minimum absolute atomic E-state index is 0.00347. The number of amides is 3. The van der Waals surface area contributed by atoms with Crippen LogP contribution in [0.4, 0.5) is 4.79 Å². The predicted octanol–water partition coefficient (Wildman–Crippen LogP) is 1.02. The number of rotatable bonds is 9. The number of nitrogens with zero attached hydrogens (tertiary/aromatic N) is 1. The molecular formula is C18H23N3O6. The van der Waals surface area contributed by atoms with Crippen molar-refractivity contribution in [3.63, 3.8) is 0 Å². The molecule has 0 bridgehead atoms. The van der Waals surface area contributed by atoms with E-state index in [9.17, 15) is 19.2 Å². The van der Waals surface area contributed by atoms with E-state index in [0.29, 0.717) is 24.4 Å². The second-order valence-electron chi connectivity index (χ2n) is 6.04. The summed E-state index contributed by atoms with van der Waals surface area (Å²) in [6.45, 7) is 0.476. The summed E-state index contributed by atoms with van der Waals surface area (Å²) in [6.07, 6.45) is 0.635. The molecule has 27 heavy (non-hydrogen) atoms. The van der Waals surface area contributed by atoms with E-state index in [1.165, 1.54) is 0 Å². The van der Waals surface area contributed by atoms with Gasteiger partial charge in [-0.25, -0.2) is 9.59 Å². The monoisotopic (exact) mass is 377 g/mol. The molecule has 146 valence electrons. The molecule has 0 aromatic heterocycles. The van der Waals surface area contributed by atoms with Crippen LogP contribution in [-0.2, 0) is 30.6 Å². The molecule has 1 aromatic rings. The molecule has 1 aliphatic rings. The lowest BCUT2D eigenvalue weighted by Crippen LogP contribution is -2.45. The number of benzene rings is 1. The second-order valence-corrected chi connectivity index (χ2v) is 6.04. The quantitative estimate of drug-likeness (QED) is 0.485. The molecule has 1 saturated heterocycles. The topological polar surface area (TPSA) is 128 Å². The Morgan fingerprint density at radius 1 is 1.11 bits per heavy atom. The highest BCUT2D eigenvalue weighted by Crippen LogP contribution is 2.14. The molecule has 0 aliphatic carbocycles. The predicted molar refractivity (Wildman–Crippen MR) is 93.6 cm³/mol. The van der Waals surface area contributed by atoms with Gasteiger partial charge in [0.2, 0.25) is 0 Å². The maximum absolute atomic E-state index is 12.3. The van der Waals surface area contributed by atoms with Gasteiger partial charge in [0.05, 0.1) is 0 Å². The molecule has 1 aromatic carbocycles. The van der Waals surface area contributed by atoms with Gasteiger partial charge in [0.1, 0.15) is 12.6 Å². The van der Waals surface area contributed by atoms with Crippen LogP contribution in [0.25, 0.3) is 0 Å². The molecule has 3 N–H and O–H groups in total. The molecular weight excluding hydrogens is 354 g/mol. The molecule has 0 radical (unpaired) electrons. The Kier molecular flexibility index (Phi) is 7.75. The number of hydroxylamine groups is 2. The molecule has 3 amide bonds. The van der Waals surface area contributed by atoms with E-state index in [-0.39, 0.29) is 25.9 Å². The zero-order valence-electron chi connectivity index (χ0n) is 14.9. The van der Waals surface area contributed by atoms with Crippen LogP contribution in [0.3, 0.4) is 0 Å². The van der Waals surface area contributed by atoms with Crippen molar-refractivity contribution in [2.45, 2.75) is 44.8 Å². The SMILES string of the molecule is NCCCC[C@@H](NC(=O)OCc1ccccc1)C(=O)ON1C(=O)CCC1=O. The van der Waals surface area contributed by atoms with Crippen molar-refractivity contribution in [1.82, 2.24) is 10.4 Å². The van der Waals surface area contributed by atoms with Crippen LogP contribution in [0.5, 0.6) is 0 Å². The average Bonchev–Trinajstić information content (AvgIpc) is 2.98. The average molecular weight is 377 g/mol. The minimum atomic E-state index is -1.05. The molecule has 1 fully saturated rings. The van der Waals surface area contributed by atoms with Gasteiger partial charge in [0.25, 0.3) is 11.8 Å². The third-order valence-electron chi connectivity index (χ3n) is 3.92. The van der Waals surface area contributed by atoms with Gasteiger partial charge in [0.15, 0.2) is 0 Å². The van der Waals surface area contributed by atoms with E-state index in [0.717, 1.165) is 5.56 Å². The van der Waals surface area contributed by atoms with Crippen molar-refractivity contribution in [3.05, 3.63) is 35.9 Å². The molecule has 2 rings (SSSR count). The lowest BCUT2D eigenvalue weighted by Gasteiger charge is -2.20. The molecule has 0 spiro atoms. The number of hydrogen-bond donors (Lipinski definition) is 2. The Hall–Kier alpha value is -2.94. The van der Waals surface area contributed by atoms with Crippen molar-refractivity contribution >= 4 is 23.9 Å². The van der Waals surface area contributed by atoms with E-state index >= 15 is 0 Å². The summed E-state index contributed by atoms with van der Waals surface area (Å²) in [4.78, 5) is 52.4. The molecule has 9 nitrogen and oxygen atoms in total. The lowest BCUT2D eigenvalue weighted by molar-refractivity contribution is -0.199. The first-order valence-electron chi connectivity index (χ1n) is 8.76. The standard InChI is InChI=1S/C18H23N3O6/c19-11-5-4-8-14(17(24)27-21-15(22)9-10-16(21)23)20-18(25)26-12-13-6-2-1-3-7-13/h1-3,6-7,14H,4-5,8-12,19H2,(H,20,25)/t14-/m1/s1. The largest absolute Gasteiger partial charge is 0.445 e. The van der Waals surface area contributed by atoms with Gasteiger partial charge in [-0.1, -0.05) is 30.3 Å². The summed E-state index contributed by atoms with van der Waals surface area (Å²) in [5, 5.41) is 2.88. The first kappa shape index (κ1) is 20.4. The van der Waals surface area contributed by atoms with Crippen LogP contribution in [0.1, 0.15) is 37.7 Å². The van der Waals surface area contributed by atoms with Gasteiger partial charge in [-0.3, -0.25) is 9.59 Å². The van der Waals surface area contributed by atoms with Crippen molar-refractivity contribution < 1.29 is 28.8 Å². The van der Waals surface area contributed by atoms with Crippen LogP contribution in [-0.4, -0.2) is 41.5 Å². The van der Waals surface area contributed by atoms with Crippen molar-refractivity contribution in [3.8, 4) is 0 Å². The Balaban J connectivity index is 1.91. The molecule has 0 unspecified atom stereocenters. The summed E-state index contributed by atoms with van der Waals surface area (Å²) in [7, 11) is 0. The fourth-order valence-electron chi connectivity index (χ4n) is 2.46. The molecule has 0 saturated carbocycles.